The molecule has 1 unspecified atom stereocenters. The van der Waals surface area contributed by atoms with Gasteiger partial charge in [0.1, 0.15) is 12.4 Å². The Morgan fingerprint density at radius 1 is 1.40 bits per heavy atom. The summed E-state index contributed by atoms with van der Waals surface area (Å²) in [5, 5.41) is 3.16. The maximum Gasteiger partial charge on any atom is 0.186 e. The minimum atomic E-state index is 0.00807. The summed E-state index contributed by atoms with van der Waals surface area (Å²) in [5.74, 6) is 0.903. The molecule has 0 saturated carbocycles. The van der Waals surface area contributed by atoms with Crippen LogP contribution in [-0.2, 0) is 4.79 Å². The molecule has 0 amide bonds. The van der Waals surface area contributed by atoms with Crippen LogP contribution in [0, 0.1) is 0 Å². The lowest BCUT2D eigenvalue weighted by molar-refractivity contribution is -0.122. The highest BCUT2D eigenvalue weighted by molar-refractivity contribution is 5.85. The molecule has 1 heterocycles. The van der Waals surface area contributed by atoms with Crippen LogP contribution < -0.4 is 10.1 Å². The highest BCUT2D eigenvalue weighted by Gasteiger charge is 2.21. The quantitative estimate of drug-likeness (QED) is 0.807. The first-order valence-electron chi connectivity index (χ1n) is 5.30. The topological polar surface area (TPSA) is 38.3 Å². The first-order valence-corrected chi connectivity index (χ1v) is 5.30. The van der Waals surface area contributed by atoms with Crippen molar-refractivity contribution in [3.8, 4) is 5.75 Å². The van der Waals surface area contributed by atoms with Crippen LogP contribution in [-0.4, -0.2) is 25.0 Å². The Hall–Kier alpha value is -1.35. The number of nitrogens with one attached hydrogen (secondary N) is 1. The molecule has 1 saturated heterocycles. The van der Waals surface area contributed by atoms with E-state index in [4.69, 9.17) is 4.74 Å². The SMILES string of the molecule is O=C(COc1ccccc1)C1CCCN1. The number of ether oxygens (including phenoxy) is 1. The van der Waals surface area contributed by atoms with Crippen LogP contribution >= 0.6 is 0 Å². The smallest absolute Gasteiger partial charge is 0.186 e. The fourth-order valence-electron chi connectivity index (χ4n) is 1.73. The molecule has 1 aromatic rings. The molecule has 0 aromatic heterocycles. The fraction of sp³-hybridized carbons (Fsp3) is 0.417. The Morgan fingerprint density at radius 3 is 2.87 bits per heavy atom. The second kappa shape index (κ2) is 4.94. The summed E-state index contributed by atoms with van der Waals surface area (Å²) in [6.07, 6.45) is 2.03. The molecular formula is C12H15NO2. The molecule has 1 aliphatic heterocycles. The van der Waals surface area contributed by atoms with E-state index in [0.29, 0.717) is 0 Å². The summed E-state index contributed by atoms with van der Waals surface area (Å²) >= 11 is 0. The molecule has 0 spiro atoms. The van der Waals surface area contributed by atoms with Gasteiger partial charge in [0.2, 0.25) is 0 Å². The number of hydrogen-bond donors (Lipinski definition) is 1. The van der Waals surface area contributed by atoms with Gasteiger partial charge in [-0.25, -0.2) is 0 Å². The van der Waals surface area contributed by atoms with E-state index < -0.39 is 0 Å². The van der Waals surface area contributed by atoms with Gasteiger partial charge in [-0.2, -0.15) is 0 Å². The van der Waals surface area contributed by atoms with Crippen LogP contribution in [0.5, 0.6) is 5.75 Å². The number of carbonyl (C=O) groups is 1. The van der Waals surface area contributed by atoms with Crippen LogP contribution in [0.4, 0.5) is 0 Å². The molecule has 1 fully saturated rings. The molecule has 0 aliphatic carbocycles. The molecule has 1 atom stereocenters. The Balaban J connectivity index is 1.80. The molecule has 1 aliphatic rings. The number of Topliss-reactive ketones (excluding diaryl/α,β-unsaturated/α-hetero) is 1. The molecule has 0 bridgehead atoms. The molecule has 3 nitrogen and oxygen atoms in total. The standard InChI is InChI=1S/C12H15NO2/c14-12(11-7-4-8-13-11)9-15-10-5-2-1-3-6-10/h1-3,5-6,11,13H,4,7-9H2. The third-order valence-electron chi connectivity index (χ3n) is 2.57. The van der Waals surface area contributed by atoms with Crippen molar-refractivity contribution in [2.45, 2.75) is 18.9 Å². The lowest BCUT2D eigenvalue weighted by Crippen LogP contribution is -2.34. The van der Waals surface area contributed by atoms with Crippen molar-refractivity contribution >= 4 is 5.78 Å². The lowest BCUT2D eigenvalue weighted by atomic mass is 10.1. The number of para-hydroxylation sites is 1. The molecule has 15 heavy (non-hydrogen) atoms. The van der Waals surface area contributed by atoms with E-state index in [1.807, 2.05) is 30.3 Å². The van der Waals surface area contributed by atoms with E-state index in [0.717, 1.165) is 25.1 Å². The molecular weight excluding hydrogens is 190 g/mol. The molecule has 3 heteroatoms. The van der Waals surface area contributed by atoms with E-state index in [1.165, 1.54) is 0 Å². The summed E-state index contributed by atoms with van der Waals surface area (Å²) in [5.41, 5.74) is 0. The second-order valence-electron chi connectivity index (χ2n) is 3.72. The van der Waals surface area contributed by atoms with Gasteiger partial charge in [-0.3, -0.25) is 4.79 Å². The normalized spacial score (nSPS) is 20.1. The monoisotopic (exact) mass is 205 g/mol. The van der Waals surface area contributed by atoms with Gasteiger partial charge in [-0.05, 0) is 31.5 Å². The van der Waals surface area contributed by atoms with Gasteiger partial charge in [0.05, 0.1) is 6.04 Å². The Kier molecular flexibility index (Phi) is 3.35. The van der Waals surface area contributed by atoms with Crippen molar-refractivity contribution in [3.05, 3.63) is 30.3 Å². The largest absolute Gasteiger partial charge is 0.486 e. The van der Waals surface area contributed by atoms with Crippen molar-refractivity contribution in [2.75, 3.05) is 13.2 Å². The summed E-state index contributed by atoms with van der Waals surface area (Å²) in [7, 11) is 0. The maximum absolute atomic E-state index is 11.6. The van der Waals surface area contributed by atoms with Crippen LogP contribution in [0.1, 0.15) is 12.8 Å². The van der Waals surface area contributed by atoms with Crippen molar-refractivity contribution in [3.63, 3.8) is 0 Å². The zero-order chi connectivity index (χ0) is 10.5. The average molecular weight is 205 g/mol. The Labute approximate surface area is 89.4 Å². The van der Waals surface area contributed by atoms with E-state index in [9.17, 15) is 4.79 Å². The zero-order valence-electron chi connectivity index (χ0n) is 8.61. The van der Waals surface area contributed by atoms with Crippen molar-refractivity contribution in [2.24, 2.45) is 0 Å². The maximum atomic E-state index is 11.6. The summed E-state index contributed by atoms with van der Waals surface area (Å²) in [6, 6.07) is 9.44. The number of benzene rings is 1. The first kappa shape index (κ1) is 10.2. The third kappa shape index (κ3) is 2.80. The van der Waals surface area contributed by atoms with Gasteiger partial charge in [-0.1, -0.05) is 18.2 Å². The first-order chi connectivity index (χ1) is 7.36. The second-order valence-corrected chi connectivity index (χ2v) is 3.72. The minimum absolute atomic E-state index is 0.00807. The highest BCUT2D eigenvalue weighted by Crippen LogP contribution is 2.10. The molecule has 1 aromatic carbocycles. The van der Waals surface area contributed by atoms with E-state index in [2.05, 4.69) is 5.32 Å². The fourth-order valence-corrected chi connectivity index (χ4v) is 1.73. The van der Waals surface area contributed by atoms with Gasteiger partial charge >= 0.3 is 0 Å². The number of hydrogen-bond acceptors (Lipinski definition) is 3. The minimum Gasteiger partial charge on any atom is -0.486 e. The van der Waals surface area contributed by atoms with Crippen molar-refractivity contribution < 1.29 is 9.53 Å². The number of rotatable bonds is 4. The van der Waals surface area contributed by atoms with Crippen LogP contribution in [0.3, 0.4) is 0 Å². The predicted octanol–water partition coefficient (Wildman–Crippen LogP) is 1.39. The van der Waals surface area contributed by atoms with Gasteiger partial charge in [-0.15, -0.1) is 0 Å². The molecule has 1 N–H and O–H groups in total. The predicted molar refractivity (Wildman–Crippen MR) is 58.0 cm³/mol. The van der Waals surface area contributed by atoms with Gasteiger partial charge < -0.3 is 10.1 Å². The zero-order valence-corrected chi connectivity index (χ0v) is 8.61. The van der Waals surface area contributed by atoms with E-state index >= 15 is 0 Å². The lowest BCUT2D eigenvalue weighted by Gasteiger charge is -2.09. The number of carbonyl (C=O) groups excluding carboxylic acids is 1. The molecule has 80 valence electrons. The Bertz CT molecular complexity index is 318. The van der Waals surface area contributed by atoms with Gasteiger partial charge in [0.25, 0.3) is 0 Å². The highest BCUT2D eigenvalue weighted by atomic mass is 16.5. The van der Waals surface area contributed by atoms with E-state index in [-0.39, 0.29) is 18.4 Å². The van der Waals surface area contributed by atoms with Crippen LogP contribution in [0.15, 0.2) is 30.3 Å². The number of ketones is 1. The van der Waals surface area contributed by atoms with Crippen molar-refractivity contribution in [1.29, 1.82) is 0 Å². The summed E-state index contributed by atoms with van der Waals surface area (Å²) in [6.45, 7) is 1.11. The molecule has 0 radical (unpaired) electrons. The van der Waals surface area contributed by atoms with Crippen LogP contribution in [0.25, 0.3) is 0 Å². The third-order valence-corrected chi connectivity index (χ3v) is 2.57. The van der Waals surface area contributed by atoms with Gasteiger partial charge in [0.15, 0.2) is 5.78 Å². The summed E-state index contributed by atoms with van der Waals surface area (Å²) in [4.78, 5) is 11.6. The average Bonchev–Trinajstić information content (AvgIpc) is 2.81. The van der Waals surface area contributed by atoms with Gasteiger partial charge in [0, 0.05) is 0 Å². The summed E-state index contributed by atoms with van der Waals surface area (Å²) < 4.78 is 5.39. The van der Waals surface area contributed by atoms with E-state index in [1.54, 1.807) is 0 Å². The molecule has 2 rings (SSSR count). The Morgan fingerprint density at radius 2 is 2.20 bits per heavy atom. The van der Waals surface area contributed by atoms with Crippen LogP contribution in [0.2, 0.25) is 0 Å². The van der Waals surface area contributed by atoms with Crippen molar-refractivity contribution in [1.82, 2.24) is 5.32 Å².